The van der Waals surface area contributed by atoms with Crippen molar-refractivity contribution >= 4 is 5.71 Å². The number of hydrogen-bond acceptors (Lipinski definition) is 7. The van der Waals surface area contributed by atoms with Crippen LogP contribution in [0, 0.1) is 18.3 Å². The Morgan fingerprint density at radius 1 is 1.28 bits per heavy atom. The summed E-state index contributed by atoms with van der Waals surface area (Å²) in [5.41, 5.74) is 3.73. The molecule has 0 saturated heterocycles. The summed E-state index contributed by atoms with van der Waals surface area (Å²) >= 11 is 0. The monoisotopic (exact) mass is 392 g/mol. The first-order valence-corrected chi connectivity index (χ1v) is 8.79. The van der Waals surface area contributed by atoms with Gasteiger partial charge in [0.2, 0.25) is 0 Å². The van der Waals surface area contributed by atoms with Gasteiger partial charge >= 0.3 is 5.69 Å². The van der Waals surface area contributed by atoms with Gasteiger partial charge in [0.05, 0.1) is 17.0 Å². The smallest absolute Gasteiger partial charge is 0.368 e. The molecular weight excluding hydrogens is 372 g/mol. The third kappa shape index (κ3) is 4.01. The molecule has 9 nitrogen and oxygen atoms in total. The fraction of sp³-hybridized carbons (Fsp3) is 0.250. The van der Waals surface area contributed by atoms with Crippen LogP contribution < -0.4 is 10.4 Å². The summed E-state index contributed by atoms with van der Waals surface area (Å²) in [5.74, 6) is 0.433. The molecule has 3 aromatic rings. The van der Waals surface area contributed by atoms with Crippen LogP contribution in [0.1, 0.15) is 29.2 Å². The van der Waals surface area contributed by atoms with Gasteiger partial charge in [-0.2, -0.15) is 14.6 Å². The number of rotatable bonds is 6. The number of tetrazole rings is 1. The minimum absolute atomic E-state index is 0.157. The van der Waals surface area contributed by atoms with E-state index >= 15 is 0 Å². The van der Waals surface area contributed by atoms with E-state index in [1.165, 1.54) is 18.8 Å². The maximum absolute atomic E-state index is 12.3. The van der Waals surface area contributed by atoms with Crippen molar-refractivity contribution in [1.29, 1.82) is 5.26 Å². The van der Waals surface area contributed by atoms with E-state index in [2.05, 4.69) is 21.7 Å². The van der Waals surface area contributed by atoms with Crippen LogP contribution in [0.15, 0.2) is 46.3 Å². The van der Waals surface area contributed by atoms with Crippen LogP contribution in [0.3, 0.4) is 0 Å². The summed E-state index contributed by atoms with van der Waals surface area (Å²) in [6.07, 6.45) is 0. The Morgan fingerprint density at radius 3 is 2.72 bits per heavy atom. The Balaban J connectivity index is 1.93. The van der Waals surface area contributed by atoms with Crippen molar-refractivity contribution in [3.05, 3.63) is 69.1 Å². The van der Waals surface area contributed by atoms with Gasteiger partial charge in [0.1, 0.15) is 25.5 Å². The van der Waals surface area contributed by atoms with Gasteiger partial charge < -0.3 is 9.57 Å². The molecule has 0 bridgehead atoms. The average Bonchev–Trinajstić information content (AvgIpc) is 3.05. The molecule has 0 unspecified atom stereocenters. The minimum Gasteiger partial charge on any atom is -0.487 e. The Bertz CT molecular complexity index is 1170. The number of ether oxygens (including phenoxy) is 1. The zero-order valence-electron chi connectivity index (χ0n) is 16.6. The van der Waals surface area contributed by atoms with Crippen LogP contribution in [0.5, 0.6) is 5.75 Å². The van der Waals surface area contributed by atoms with Crippen LogP contribution in [0.4, 0.5) is 0 Å². The highest BCUT2D eigenvalue weighted by atomic mass is 16.6. The number of hydrogen-bond donors (Lipinski definition) is 0. The van der Waals surface area contributed by atoms with E-state index in [1.54, 1.807) is 31.2 Å². The van der Waals surface area contributed by atoms with Gasteiger partial charge in [0.15, 0.2) is 0 Å². The first-order valence-electron chi connectivity index (χ1n) is 8.79. The highest BCUT2D eigenvalue weighted by Crippen LogP contribution is 2.24. The van der Waals surface area contributed by atoms with Crippen LogP contribution in [-0.4, -0.2) is 32.6 Å². The molecule has 0 radical (unpaired) electrons. The Hall–Kier alpha value is -3.93. The number of aryl methyl sites for hydroxylation is 2. The van der Waals surface area contributed by atoms with Crippen LogP contribution in [0.2, 0.25) is 0 Å². The van der Waals surface area contributed by atoms with E-state index in [0.29, 0.717) is 22.7 Å². The molecule has 0 aliphatic carbocycles. The molecule has 9 heteroatoms. The van der Waals surface area contributed by atoms with Crippen molar-refractivity contribution in [3.63, 3.8) is 0 Å². The fourth-order valence-electron chi connectivity index (χ4n) is 2.85. The maximum atomic E-state index is 12.3. The Morgan fingerprint density at radius 2 is 2.07 bits per heavy atom. The summed E-state index contributed by atoms with van der Waals surface area (Å²) in [7, 11) is 3.00. The predicted molar refractivity (Wildman–Crippen MR) is 106 cm³/mol. The summed E-state index contributed by atoms with van der Waals surface area (Å²) in [4.78, 5) is 17.0. The first kappa shape index (κ1) is 19.8. The molecule has 0 saturated carbocycles. The van der Waals surface area contributed by atoms with Gasteiger partial charge in [0, 0.05) is 18.2 Å². The van der Waals surface area contributed by atoms with Crippen molar-refractivity contribution in [1.82, 2.24) is 19.8 Å². The van der Waals surface area contributed by atoms with Crippen molar-refractivity contribution in [2.45, 2.75) is 20.5 Å². The molecule has 0 aliphatic heterocycles. The second-order valence-corrected chi connectivity index (χ2v) is 6.34. The maximum Gasteiger partial charge on any atom is 0.368 e. The van der Waals surface area contributed by atoms with E-state index < -0.39 is 0 Å². The minimum atomic E-state index is -0.355. The molecule has 148 valence electrons. The molecule has 0 spiro atoms. The molecule has 0 aliphatic rings. The molecule has 0 fully saturated rings. The molecule has 0 N–H and O–H groups in total. The SMILES string of the molecule is CON=C(C)c1ccc(OCc2c(C)cccc2-n2nnn(C)c2=O)c(C#N)c1. The van der Waals surface area contributed by atoms with Crippen molar-refractivity contribution < 1.29 is 9.57 Å². The molecular formula is C20H20N6O3. The third-order valence-electron chi connectivity index (χ3n) is 4.45. The highest BCUT2D eigenvalue weighted by molar-refractivity contribution is 5.98. The lowest BCUT2D eigenvalue weighted by Gasteiger charge is -2.14. The van der Waals surface area contributed by atoms with Crippen LogP contribution in [0.25, 0.3) is 5.69 Å². The quantitative estimate of drug-likeness (QED) is 0.470. The number of nitriles is 1. The number of oxime groups is 1. The lowest BCUT2D eigenvalue weighted by atomic mass is 10.1. The lowest BCUT2D eigenvalue weighted by Crippen LogP contribution is -2.23. The molecule has 2 aromatic carbocycles. The van der Waals surface area contributed by atoms with Crippen molar-refractivity contribution in [2.24, 2.45) is 12.2 Å². The van der Waals surface area contributed by atoms with E-state index in [1.807, 2.05) is 19.1 Å². The second kappa shape index (κ2) is 8.39. The van der Waals surface area contributed by atoms with Gasteiger partial charge in [-0.1, -0.05) is 17.3 Å². The zero-order chi connectivity index (χ0) is 21.0. The molecule has 1 heterocycles. The normalized spacial score (nSPS) is 11.2. The summed E-state index contributed by atoms with van der Waals surface area (Å²) < 4.78 is 8.32. The second-order valence-electron chi connectivity index (χ2n) is 6.34. The Labute approximate surface area is 167 Å². The zero-order valence-corrected chi connectivity index (χ0v) is 16.6. The van der Waals surface area contributed by atoms with Crippen molar-refractivity contribution in [3.8, 4) is 17.5 Å². The van der Waals surface area contributed by atoms with Gasteiger partial charge in [-0.3, -0.25) is 0 Å². The van der Waals surface area contributed by atoms with E-state index in [-0.39, 0.29) is 12.3 Å². The number of nitrogens with zero attached hydrogens (tertiary/aromatic N) is 6. The third-order valence-corrected chi connectivity index (χ3v) is 4.45. The van der Waals surface area contributed by atoms with E-state index in [4.69, 9.17) is 9.57 Å². The van der Waals surface area contributed by atoms with Crippen molar-refractivity contribution in [2.75, 3.05) is 7.11 Å². The Kier molecular flexibility index (Phi) is 5.74. The summed E-state index contributed by atoms with van der Waals surface area (Å²) in [5, 5.41) is 21.1. The lowest BCUT2D eigenvalue weighted by molar-refractivity contribution is 0.213. The van der Waals surface area contributed by atoms with Crippen LogP contribution in [-0.2, 0) is 18.5 Å². The number of benzene rings is 2. The largest absolute Gasteiger partial charge is 0.487 e. The molecule has 1 aromatic heterocycles. The standard InChI is InChI=1S/C20H20N6O3/c1-13-6-5-7-18(26-20(27)25(3)23-24-26)17(13)12-29-19-9-8-15(10-16(19)11-21)14(2)22-28-4/h5-10H,12H2,1-4H3. The molecule has 0 atom stereocenters. The summed E-state index contributed by atoms with van der Waals surface area (Å²) in [6, 6.07) is 12.9. The van der Waals surface area contributed by atoms with Gasteiger partial charge in [-0.15, -0.1) is 0 Å². The van der Waals surface area contributed by atoms with Crippen LogP contribution >= 0.6 is 0 Å². The predicted octanol–water partition coefficient (Wildman–Crippen LogP) is 2.10. The van der Waals surface area contributed by atoms with Gasteiger partial charge in [0.25, 0.3) is 0 Å². The van der Waals surface area contributed by atoms with Gasteiger partial charge in [-0.25, -0.2) is 4.79 Å². The average molecular weight is 392 g/mol. The van der Waals surface area contributed by atoms with E-state index in [0.717, 1.165) is 21.4 Å². The summed E-state index contributed by atoms with van der Waals surface area (Å²) in [6.45, 7) is 3.87. The first-order chi connectivity index (χ1) is 14.0. The topological polar surface area (TPSA) is 107 Å². The number of aromatic nitrogens is 4. The molecule has 3 rings (SSSR count). The van der Waals surface area contributed by atoms with Gasteiger partial charge in [-0.05, 0) is 54.1 Å². The molecule has 29 heavy (non-hydrogen) atoms. The van der Waals surface area contributed by atoms with E-state index in [9.17, 15) is 10.1 Å². The molecule has 0 amide bonds. The highest BCUT2D eigenvalue weighted by Gasteiger charge is 2.15. The fourth-order valence-corrected chi connectivity index (χ4v) is 2.85.